The summed E-state index contributed by atoms with van der Waals surface area (Å²) in [5, 5.41) is 9.79. The standard InChI is InChI=1S/C11H12Cl2O2/c1-8(14)9-3-2-4-11(5-9)15-7-10(13)6-12/h2-6,8,14H,7H2,1H3/t8-/m1/s1. The number of rotatable bonds is 4. The number of hydrogen-bond donors (Lipinski definition) is 1. The molecule has 0 amide bonds. The van der Waals surface area contributed by atoms with E-state index >= 15 is 0 Å². The van der Waals surface area contributed by atoms with E-state index in [-0.39, 0.29) is 6.61 Å². The molecule has 0 heterocycles. The first-order valence-corrected chi connectivity index (χ1v) is 5.30. The molecular weight excluding hydrogens is 235 g/mol. The van der Waals surface area contributed by atoms with Gasteiger partial charge in [-0.25, -0.2) is 0 Å². The van der Waals surface area contributed by atoms with Crippen LogP contribution in [0.1, 0.15) is 18.6 Å². The monoisotopic (exact) mass is 246 g/mol. The average Bonchev–Trinajstić information content (AvgIpc) is 2.26. The molecule has 0 saturated heterocycles. The zero-order valence-corrected chi connectivity index (χ0v) is 9.79. The van der Waals surface area contributed by atoms with Crippen molar-refractivity contribution in [1.82, 2.24) is 0 Å². The molecule has 0 aromatic heterocycles. The van der Waals surface area contributed by atoms with Crippen LogP contribution in [0.2, 0.25) is 0 Å². The Morgan fingerprint density at radius 2 is 2.33 bits per heavy atom. The van der Waals surface area contributed by atoms with Gasteiger partial charge in [-0.3, -0.25) is 0 Å². The van der Waals surface area contributed by atoms with Crippen molar-refractivity contribution in [2.45, 2.75) is 13.0 Å². The van der Waals surface area contributed by atoms with Crippen molar-refractivity contribution in [2.75, 3.05) is 6.61 Å². The predicted octanol–water partition coefficient (Wildman–Crippen LogP) is 3.44. The molecule has 0 unspecified atom stereocenters. The summed E-state index contributed by atoms with van der Waals surface area (Å²) in [6.45, 7) is 1.93. The summed E-state index contributed by atoms with van der Waals surface area (Å²) in [6.07, 6.45) is -0.507. The molecule has 0 aliphatic carbocycles. The molecule has 15 heavy (non-hydrogen) atoms. The molecule has 1 N–H and O–H groups in total. The van der Waals surface area contributed by atoms with Crippen molar-refractivity contribution >= 4 is 23.2 Å². The van der Waals surface area contributed by atoms with Gasteiger partial charge < -0.3 is 9.84 Å². The van der Waals surface area contributed by atoms with Crippen molar-refractivity contribution in [1.29, 1.82) is 0 Å². The molecule has 0 radical (unpaired) electrons. The summed E-state index contributed by atoms with van der Waals surface area (Å²) < 4.78 is 5.35. The Labute approximate surface area is 99.1 Å². The third-order valence-corrected chi connectivity index (χ3v) is 2.43. The number of halogens is 2. The maximum Gasteiger partial charge on any atom is 0.125 e. The molecule has 0 aliphatic heterocycles. The number of ether oxygens (including phenoxy) is 1. The number of aliphatic hydroxyl groups is 1. The van der Waals surface area contributed by atoms with Crippen molar-refractivity contribution in [3.8, 4) is 5.75 Å². The van der Waals surface area contributed by atoms with Gasteiger partial charge >= 0.3 is 0 Å². The molecule has 1 aromatic carbocycles. The third kappa shape index (κ3) is 4.12. The highest BCUT2D eigenvalue weighted by atomic mass is 35.5. The summed E-state index contributed by atoms with van der Waals surface area (Å²) in [4.78, 5) is 0. The van der Waals surface area contributed by atoms with Crippen LogP contribution in [-0.4, -0.2) is 11.7 Å². The number of aliphatic hydroxyl groups excluding tert-OH is 1. The van der Waals surface area contributed by atoms with Crippen molar-refractivity contribution in [3.05, 3.63) is 40.4 Å². The highest BCUT2D eigenvalue weighted by Crippen LogP contribution is 2.19. The van der Waals surface area contributed by atoms with Crippen molar-refractivity contribution in [3.63, 3.8) is 0 Å². The number of hydrogen-bond acceptors (Lipinski definition) is 2. The Kier molecular flexibility index (Phi) is 4.95. The Morgan fingerprint density at radius 3 is 2.93 bits per heavy atom. The summed E-state index contributed by atoms with van der Waals surface area (Å²) in [5.74, 6) is 0.657. The third-order valence-electron chi connectivity index (χ3n) is 1.84. The molecule has 2 nitrogen and oxygen atoms in total. The largest absolute Gasteiger partial charge is 0.488 e. The molecule has 0 fully saturated rings. The minimum Gasteiger partial charge on any atom is -0.488 e. The minimum atomic E-state index is -0.507. The van der Waals surface area contributed by atoms with Crippen molar-refractivity contribution < 1.29 is 9.84 Å². The van der Waals surface area contributed by atoms with Gasteiger partial charge in [0.1, 0.15) is 12.4 Å². The van der Waals surface area contributed by atoms with E-state index in [0.717, 1.165) is 5.56 Å². The van der Waals surface area contributed by atoms with Gasteiger partial charge in [0.2, 0.25) is 0 Å². The Morgan fingerprint density at radius 1 is 1.60 bits per heavy atom. The Bertz CT molecular complexity index is 348. The normalized spacial score (nSPS) is 13.7. The summed E-state index contributed by atoms with van der Waals surface area (Å²) >= 11 is 11.1. The van der Waals surface area contributed by atoms with Crippen LogP contribution in [0, 0.1) is 0 Å². The van der Waals surface area contributed by atoms with E-state index in [9.17, 15) is 5.11 Å². The maximum absolute atomic E-state index is 9.36. The van der Waals surface area contributed by atoms with E-state index in [0.29, 0.717) is 10.8 Å². The van der Waals surface area contributed by atoms with Gasteiger partial charge in [-0.05, 0) is 24.6 Å². The van der Waals surface area contributed by atoms with Crippen LogP contribution in [0.5, 0.6) is 5.75 Å². The lowest BCUT2D eigenvalue weighted by atomic mass is 10.1. The molecular formula is C11H12Cl2O2. The van der Waals surface area contributed by atoms with Crippen LogP contribution in [0.4, 0.5) is 0 Å². The van der Waals surface area contributed by atoms with E-state index in [1.807, 2.05) is 12.1 Å². The van der Waals surface area contributed by atoms with Gasteiger partial charge in [0.15, 0.2) is 0 Å². The van der Waals surface area contributed by atoms with Gasteiger partial charge in [-0.15, -0.1) is 0 Å². The van der Waals surface area contributed by atoms with E-state index in [1.54, 1.807) is 19.1 Å². The highest BCUT2D eigenvalue weighted by Gasteiger charge is 2.02. The van der Waals surface area contributed by atoms with Crippen LogP contribution < -0.4 is 4.74 Å². The lowest BCUT2D eigenvalue weighted by Gasteiger charge is -2.08. The topological polar surface area (TPSA) is 29.5 Å². The fourth-order valence-corrected chi connectivity index (χ4v) is 1.17. The molecule has 0 saturated carbocycles. The van der Waals surface area contributed by atoms with E-state index in [1.165, 1.54) is 5.54 Å². The molecule has 0 aliphatic rings. The Balaban J connectivity index is 2.66. The lowest BCUT2D eigenvalue weighted by molar-refractivity contribution is 0.198. The predicted molar refractivity (Wildman–Crippen MR) is 62.4 cm³/mol. The molecule has 1 atom stereocenters. The first-order valence-electron chi connectivity index (χ1n) is 4.49. The van der Waals surface area contributed by atoms with E-state index < -0.39 is 6.10 Å². The van der Waals surface area contributed by atoms with E-state index in [4.69, 9.17) is 27.9 Å². The zero-order valence-electron chi connectivity index (χ0n) is 8.28. The highest BCUT2D eigenvalue weighted by molar-refractivity contribution is 6.36. The van der Waals surface area contributed by atoms with Crippen LogP contribution in [0.3, 0.4) is 0 Å². The number of benzene rings is 1. The maximum atomic E-state index is 9.36. The fraction of sp³-hybridized carbons (Fsp3) is 0.273. The zero-order chi connectivity index (χ0) is 11.3. The first kappa shape index (κ1) is 12.4. The second-order valence-corrected chi connectivity index (χ2v) is 3.80. The SMILES string of the molecule is C[C@@H](O)c1cccc(OCC(Cl)=CCl)c1. The van der Waals surface area contributed by atoms with Gasteiger partial charge in [0, 0.05) is 5.54 Å². The first-order chi connectivity index (χ1) is 7.13. The van der Waals surface area contributed by atoms with Gasteiger partial charge in [-0.2, -0.15) is 0 Å². The van der Waals surface area contributed by atoms with Crippen molar-refractivity contribution in [2.24, 2.45) is 0 Å². The van der Waals surface area contributed by atoms with Gasteiger partial charge in [0.05, 0.1) is 11.1 Å². The molecule has 0 spiro atoms. The van der Waals surface area contributed by atoms with E-state index in [2.05, 4.69) is 0 Å². The Hall–Kier alpha value is -0.700. The molecule has 82 valence electrons. The van der Waals surface area contributed by atoms with Gasteiger partial charge in [0.25, 0.3) is 0 Å². The smallest absolute Gasteiger partial charge is 0.125 e. The second kappa shape index (κ2) is 6.01. The molecule has 4 heteroatoms. The summed E-state index contributed by atoms with van der Waals surface area (Å²) in [6, 6.07) is 7.21. The van der Waals surface area contributed by atoms with Crippen LogP contribution in [-0.2, 0) is 0 Å². The quantitative estimate of drug-likeness (QED) is 0.883. The molecule has 1 rings (SSSR count). The molecule has 0 bridgehead atoms. The second-order valence-electron chi connectivity index (χ2n) is 3.09. The summed E-state index contributed by atoms with van der Waals surface area (Å²) in [5.41, 5.74) is 2.07. The fourth-order valence-electron chi connectivity index (χ4n) is 1.05. The lowest BCUT2D eigenvalue weighted by Crippen LogP contribution is -1.98. The summed E-state index contributed by atoms with van der Waals surface area (Å²) in [7, 11) is 0. The van der Waals surface area contributed by atoms with Gasteiger partial charge in [-0.1, -0.05) is 35.3 Å². The minimum absolute atomic E-state index is 0.230. The molecule has 1 aromatic rings. The van der Waals surface area contributed by atoms with Crippen LogP contribution in [0.25, 0.3) is 0 Å². The van der Waals surface area contributed by atoms with Crippen LogP contribution >= 0.6 is 23.2 Å². The van der Waals surface area contributed by atoms with Crippen LogP contribution in [0.15, 0.2) is 34.8 Å². The average molecular weight is 247 g/mol.